The van der Waals surface area contributed by atoms with E-state index in [1.807, 2.05) is 19.9 Å². The van der Waals surface area contributed by atoms with Gasteiger partial charge >= 0.3 is 6.18 Å². The standard InChI is InChI=1S/C16H18F3N3O2/c1-10(2)7-13(8-20)22-14(23)9-21-15(24)11-3-5-12(6-4-11)16(17,18)19/h3-6,10,13H,7,9H2,1-2H3,(H,21,24)(H,22,23). The number of hydrogen-bond acceptors (Lipinski definition) is 3. The van der Waals surface area contributed by atoms with E-state index in [1.54, 1.807) is 0 Å². The molecule has 1 unspecified atom stereocenters. The SMILES string of the molecule is CC(C)CC(C#N)NC(=O)CNC(=O)c1ccc(C(F)(F)F)cc1. The second-order valence-electron chi connectivity index (χ2n) is 5.64. The fourth-order valence-corrected chi connectivity index (χ4v) is 1.93. The van der Waals surface area contributed by atoms with Crippen LogP contribution < -0.4 is 10.6 Å². The van der Waals surface area contributed by atoms with E-state index in [0.29, 0.717) is 6.42 Å². The van der Waals surface area contributed by atoms with Gasteiger partial charge in [-0.2, -0.15) is 18.4 Å². The average Bonchev–Trinajstić information content (AvgIpc) is 2.50. The Hall–Kier alpha value is -2.56. The molecule has 1 atom stereocenters. The number of halogens is 3. The van der Waals surface area contributed by atoms with Gasteiger partial charge in [-0.25, -0.2) is 0 Å². The van der Waals surface area contributed by atoms with Crippen molar-refractivity contribution in [3.63, 3.8) is 0 Å². The number of nitriles is 1. The Bertz CT molecular complexity index is 619. The highest BCUT2D eigenvalue weighted by atomic mass is 19.4. The molecule has 0 aliphatic heterocycles. The van der Waals surface area contributed by atoms with Crippen molar-refractivity contribution >= 4 is 11.8 Å². The second kappa shape index (κ2) is 8.34. The molecule has 0 saturated heterocycles. The van der Waals surface area contributed by atoms with E-state index >= 15 is 0 Å². The minimum Gasteiger partial charge on any atom is -0.343 e. The predicted molar refractivity (Wildman–Crippen MR) is 80.8 cm³/mol. The van der Waals surface area contributed by atoms with E-state index in [1.165, 1.54) is 0 Å². The van der Waals surface area contributed by atoms with Gasteiger partial charge in [0.25, 0.3) is 5.91 Å². The molecule has 0 aromatic heterocycles. The average molecular weight is 341 g/mol. The molecule has 0 spiro atoms. The van der Waals surface area contributed by atoms with Gasteiger partial charge in [-0.3, -0.25) is 9.59 Å². The molecule has 1 rings (SSSR count). The molecule has 130 valence electrons. The van der Waals surface area contributed by atoms with Crippen LogP contribution in [0.5, 0.6) is 0 Å². The molecular formula is C16H18F3N3O2. The van der Waals surface area contributed by atoms with Crippen LogP contribution in [0.3, 0.4) is 0 Å². The van der Waals surface area contributed by atoms with Gasteiger partial charge in [0.2, 0.25) is 5.91 Å². The zero-order chi connectivity index (χ0) is 18.3. The van der Waals surface area contributed by atoms with Crippen molar-refractivity contribution in [1.82, 2.24) is 10.6 Å². The molecular weight excluding hydrogens is 323 g/mol. The van der Waals surface area contributed by atoms with Gasteiger partial charge in [0.1, 0.15) is 6.04 Å². The Balaban J connectivity index is 2.54. The third kappa shape index (κ3) is 6.28. The number of nitrogens with one attached hydrogen (secondary N) is 2. The second-order valence-corrected chi connectivity index (χ2v) is 5.64. The normalized spacial score (nSPS) is 12.4. The molecule has 0 aliphatic carbocycles. The number of hydrogen-bond donors (Lipinski definition) is 2. The van der Waals surface area contributed by atoms with Crippen LogP contribution in [0.15, 0.2) is 24.3 Å². The van der Waals surface area contributed by atoms with Gasteiger partial charge in [0.15, 0.2) is 0 Å². The van der Waals surface area contributed by atoms with E-state index in [-0.39, 0.29) is 18.0 Å². The Morgan fingerprint density at radius 1 is 1.21 bits per heavy atom. The quantitative estimate of drug-likeness (QED) is 0.834. The smallest absolute Gasteiger partial charge is 0.343 e. The zero-order valence-corrected chi connectivity index (χ0v) is 13.3. The van der Waals surface area contributed by atoms with Crippen molar-refractivity contribution in [2.75, 3.05) is 6.54 Å². The van der Waals surface area contributed by atoms with Crippen molar-refractivity contribution in [2.24, 2.45) is 5.92 Å². The summed E-state index contributed by atoms with van der Waals surface area (Å²) in [5.74, 6) is -0.990. The molecule has 0 aliphatic rings. The maximum Gasteiger partial charge on any atom is 0.416 e. The molecule has 0 radical (unpaired) electrons. The van der Waals surface area contributed by atoms with E-state index in [0.717, 1.165) is 24.3 Å². The highest BCUT2D eigenvalue weighted by molar-refractivity contribution is 5.96. The summed E-state index contributed by atoms with van der Waals surface area (Å²) in [7, 11) is 0. The van der Waals surface area contributed by atoms with Crippen molar-refractivity contribution in [3.8, 4) is 6.07 Å². The minimum atomic E-state index is -4.47. The highest BCUT2D eigenvalue weighted by Gasteiger charge is 2.30. The third-order valence-electron chi connectivity index (χ3n) is 3.08. The lowest BCUT2D eigenvalue weighted by atomic mass is 10.1. The predicted octanol–water partition coefficient (Wildman–Crippen LogP) is 2.49. The fraction of sp³-hybridized carbons (Fsp3) is 0.438. The molecule has 0 fully saturated rings. The van der Waals surface area contributed by atoms with Crippen molar-refractivity contribution in [2.45, 2.75) is 32.5 Å². The Morgan fingerprint density at radius 3 is 2.25 bits per heavy atom. The first-order chi connectivity index (χ1) is 11.1. The summed E-state index contributed by atoms with van der Waals surface area (Å²) >= 11 is 0. The van der Waals surface area contributed by atoms with Gasteiger partial charge < -0.3 is 10.6 Å². The molecule has 24 heavy (non-hydrogen) atoms. The van der Waals surface area contributed by atoms with Crippen LogP contribution in [0.25, 0.3) is 0 Å². The number of rotatable bonds is 6. The number of amides is 2. The monoisotopic (exact) mass is 341 g/mol. The van der Waals surface area contributed by atoms with Crippen LogP contribution in [-0.2, 0) is 11.0 Å². The minimum absolute atomic E-state index is 0.00909. The van der Waals surface area contributed by atoms with Gasteiger partial charge in [-0.05, 0) is 36.6 Å². The molecule has 0 bridgehead atoms. The number of carbonyl (C=O) groups is 2. The highest BCUT2D eigenvalue weighted by Crippen LogP contribution is 2.29. The molecule has 8 heteroatoms. The molecule has 2 N–H and O–H groups in total. The van der Waals surface area contributed by atoms with Gasteiger partial charge in [0, 0.05) is 5.56 Å². The Morgan fingerprint density at radius 2 is 1.79 bits per heavy atom. The van der Waals surface area contributed by atoms with E-state index in [2.05, 4.69) is 10.6 Å². The summed E-state index contributed by atoms with van der Waals surface area (Å²) in [5.41, 5.74) is -0.850. The molecule has 1 aromatic rings. The van der Waals surface area contributed by atoms with Crippen molar-refractivity contribution in [1.29, 1.82) is 5.26 Å². The number of benzene rings is 1. The van der Waals surface area contributed by atoms with E-state index in [4.69, 9.17) is 5.26 Å². The number of nitrogens with zero attached hydrogens (tertiary/aromatic N) is 1. The molecule has 1 aromatic carbocycles. The van der Waals surface area contributed by atoms with Crippen LogP contribution >= 0.6 is 0 Å². The lowest BCUT2D eigenvalue weighted by Crippen LogP contribution is -2.41. The first-order valence-corrected chi connectivity index (χ1v) is 7.28. The van der Waals surface area contributed by atoms with Crippen LogP contribution in [0, 0.1) is 17.2 Å². The first kappa shape index (κ1) is 19.5. The van der Waals surface area contributed by atoms with Crippen molar-refractivity contribution in [3.05, 3.63) is 35.4 Å². The summed E-state index contributed by atoms with van der Waals surface area (Å²) in [4.78, 5) is 23.5. The van der Waals surface area contributed by atoms with Gasteiger partial charge in [-0.15, -0.1) is 0 Å². The summed E-state index contributed by atoms with van der Waals surface area (Å²) in [6.45, 7) is 3.45. The summed E-state index contributed by atoms with van der Waals surface area (Å²) < 4.78 is 37.3. The summed E-state index contributed by atoms with van der Waals surface area (Å²) in [5, 5.41) is 13.7. The van der Waals surface area contributed by atoms with Crippen molar-refractivity contribution < 1.29 is 22.8 Å². The summed E-state index contributed by atoms with van der Waals surface area (Å²) in [6.07, 6.45) is -3.99. The lowest BCUT2D eigenvalue weighted by Gasteiger charge is -2.14. The van der Waals surface area contributed by atoms with Crippen LogP contribution in [-0.4, -0.2) is 24.4 Å². The fourth-order valence-electron chi connectivity index (χ4n) is 1.93. The molecule has 0 heterocycles. The summed E-state index contributed by atoms with van der Waals surface area (Å²) in [6, 6.07) is 4.96. The third-order valence-corrected chi connectivity index (χ3v) is 3.08. The Kier molecular flexibility index (Phi) is 6.77. The molecule has 5 nitrogen and oxygen atoms in total. The molecule has 0 saturated carbocycles. The lowest BCUT2D eigenvalue weighted by molar-refractivity contribution is -0.137. The van der Waals surface area contributed by atoms with Crippen LogP contribution in [0.1, 0.15) is 36.2 Å². The maximum absolute atomic E-state index is 12.4. The van der Waals surface area contributed by atoms with Gasteiger partial charge in [-0.1, -0.05) is 13.8 Å². The van der Waals surface area contributed by atoms with E-state index < -0.39 is 29.6 Å². The molecule has 2 amide bonds. The zero-order valence-electron chi connectivity index (χ0n) is 13.3. The van der Waals surface area contributed by atoms with Crippen LogP contribution in [0.4, 0.5) is 13.2 Å². The number of carbonyl (C=O) groups excluding carboxylic acids is 2. The van der Waals surface area contributed by atoms with Gasteiger partial charge in [0.05, 0.1) is 18.2 Å². The maximum atomic E-state index is 12.4. The Labute approximate surface area is 137 Å². The van der Waals surface area contributed by atoms with Crippen LogP contribution in [0.2, 0.25) is 0 Å². The largest absolute Gasteiger partial charge is 0.416 e. The first-order valence-electron chi connectivity index (χ1n) is 7.28. The number of alkyl halides is 3. The van der Waals surface area contributed by atoms with E-state index in [9.17, 15) is 22.8 Å². The topological polar surface area (TPSA) is 82.0 Å².